The first kappa shape index (κ1) is 25.5. The summed E-state index contributed by atoms with van der Waals surface area (Å²) < 4.78 is 6.05. The number of carbonyl (C=O) groups excluding carboxylic acids is 1. The summed E-state index contributed by atoms with van der Waals surface area (Å²) in [5, 5.41) is 14.3. The van der Waals surface area contributed by atoms with Crippen molar-refractivity contribution in [2.75, 3.05) is 12.4 Å². The van der Waals surface area contributed by atoms with Crippen LogP contribution in [0.5, 0.6) is 0 Å². The van der Waals surface area contributed by atoms with Crippen molar-refractivity contribution in [2.45, 2.75) is 18.9 Å². The molecule has 0 fully saturated rings. The second-order valence-corrected chi connectivity index (χ2v) is 8.93. The van der Waals surface area contributed by atoms with Crippen molar-refractivity contribution in [2.24, 2.45) is 0 Å². The van der Waals surface area contributed by atoms with E-state index in [0.29, 0.717) is 41.6 Å². The number of nitrogens with zero attached hydrogens (tertiary/aromatic N) is 1. The Morgan fingerprint density at radius 3 is 2.44 bits per heavy atom. The molecule has 1 amide bonds. The summed E-state index contributed by atoms with van der Waals surface area (Å²) >= 11 is 11.8. The van der Waals surface area contributed by atoms with E-state index in [1.807, 2.05) is 72.8 Å². The van der Waals surface area contributed by atoms with Gasteiger partial charge < -0.3 is 15.1 Å². The lowest BCUT2D eigenvalue weighted by atomic mass is 10.0. The number of rotatable bonds is 10. The predicted molar refractivity (Wildman–Crippen MR) is 145 cm³/mol. The second-order valence-electron chi connectivity index (χ2n) is 8.23. The van der Waals surface area contributed by atoms with E-state index in [1.165, 1.54) is 0 Å². The molecule has 6 nitrogen and oxygen atoms in total. The summed E-state index contributed by atoms with van der Waals surface area (Å²) in [7, 11) is 0. The summed E-state index contributed by atoms with van der Waals surface area (Å²) in [5.41, 5.74) is 3.26. The third-order valence-corrected chi connectivity index (χ3v) is 6.11. The Morgan fingerprint density at radius 1 is 0.972 bits per heavy atom. The zero-order chi connectivity index (χ0) is 25.3. The molecule has 0 aliphatic heterocycles. The molecule has 36 heavy (non-hydrogen) atoms. The van der Waals surface area contributed by atoms with E-state index in [2.05, 4.69) is 15.6 Å². The molecule has 0 saturated carbocycles. The summed E-state index contributed by atoms with van der Waals surface area (Å²) in [6.45, 7) is 0.550. The zero-order valence-electron chi connectivity index (χ0n) is 19.5. The van der Waals surface area contributed by atoms with Crippen molar-refractivity contribution in [3.63, 3.8) is 0 Å². The largest absolute Gasteiger partial charge is 0.438 e. The van der Waals surface area contributed by atoms with Gasteiger partial charge >= 0.3 is 0 Å². The van der Waals surface area contributed by atoms with E-state index in [0.717, 1.165) is 16.7 Å². The van der Waals surface area contributed by atoms with Crippen molar-refractivity contribution in [1.82, 2.24) is 15.6 Å². The van der Waals surface area contributed by atoms with Crippen LogP contribution in [-0.2, 0) is 0 Å². The van der Waals surface area contributed by atoms with Crippen LogP contribution in [0.3, 0.4) is 0 Å². The highest BCUT2D eigenvalue weighted by Crippen LogP contribution is 2.27. The van der Waals surface area contributed by atoms with Crippen LogP contribution in [0.2, 0.25) is 5.02 Å². The van der Waals surface area contributed by atoms with E-state index in [1.54, 1.807) is 12.3 Å². The first-order chi connectivity index (χ1) is 17.5. The fourth-order valence-corrected chi connectivity index (χ4v) is 4.07. The molecule has 4 aromatic rings. The van der Waals surface area contributed by atoms with Gasteiger partial charge in [-0.05, 0) is 48.2 Å². The molecule has 0 unspecified atom stereocenters. The van der Waals surface area contributed by atoms with Crippen molar-refractivity contribution < 1.29 is 9.21 Å². The molecule has 1 aromatic heterocycles. The van der Waals surface area contributed by atoms with Crippen molar-refractivity contribution in [3.8, 4) is 22.5 Å². The number of halogens is 2. The number of alkyl halides is 1. The monoisotopic (exact) mass is 520 g/mol. The van der Waals surface area contributed by atoms with Gasteiger partial charge in [0.15, 0.2) is 5.76 Å². The molecular weight excluding hydrogens is 495 g/mol. The Morgan fingerprint density at radius 2 is 1.69 bits per heavy atom. The number of hydrogen-bond donors (Lipinski definition) is 3. The Kier molecular flexibility index (Phi) is 8.76. The zero-order valence-corrected chi connectivity index (χ0v) is 21.0. The lowest BCUT2D eigenvalue weighted by molar-refractivity contribution is 0.0927. The number of benzene rings is 3. The highest BCUT2D eigenvalue weighted by Gasteiger charge is 2.21. The minimum Gasteiger partial charge on any atom is -0.438 e. The first-order valence-corrected chi connectivity index (χ1v) is 12.5. The lowest BCUT2D eigenvalue weighted by Crippen LogP contribution is -2.30. The molecule has 0 radical (unpaired) electrons. The minimum absolute atomic E-state index is 0.128. The van der Waals surface area contributed by atoms with Crippen LogP contribution >= 0.6 is 23.2 Å². The van der Waals surface area contributed by atoms with E-state index >= 15 is 0 Å². The van der Waals surface area contributed by atoms with Crippen LogP contribution in [0.4, 0.5) is 0 Å². The maximum absolute atomic E-state index is 13.3. The number of nitrogens with one attached hydrogen (secondary N) is 3. The summed E-state index contributed by atoms with van der Waals surface area (Å²) in [6.07, 6.45) is 2.91. The molecular formula is C28H26Cl2N4O2. The number of amidine groups is 1. The molecule has 0 aliphatic carbocycles. The summed E-state index contributed by atoms with van der Waals surface area (Å²) in [6, 6.07) is 24.2. The highest BCUT2D eigenvalue weighted by atomic mass is 35.5. The molecule has 3 aromatic carbocycles. The third kappa shape index (κ3) is 6.74. The van der Waals surface area contributed by atoms with Gasteiger partial charge in [0.25, 0.3) is 5.91 Å². The Bertz CT molecular complexity index is 1320. The molecule has 0 saturated heterocycles. The van der Waals surface area contributed by atoms with Crippen molar-refractivity contribution in [1.29, 1.82) is 5.41 Å². The van der Waals surface area contributed by atoms with Gasteiger partial charge in [-0.2, -0.15) is 0 Å². The van der Waals surface area contributed by atoms with E-state index in [-0.39, 0.29) is 17.6 Å². The minimum atomic E-state index is -0.447. The molecule has 184 valence electrons. The number of hydrogen-bond acceptors (Lipinski definition) is 4. The maximum atomic E-state index is 13.3. The number of amides is 1. The van der Waals surface area contributed by atoms with Crippen LogP contribution < -0.4 is 10.6 Å². The average molecular weight is 521 g/mol. The predicted octanol–water partition coefficient (Wildman–Crippen LogP) is 6.72. The van der Waals surface area contributed by atoms with Crippen molar-refractivity contribution >= 4 is 34.9 Å². The van der Waals surface area contributed by atoms with Crippen LogP contribution in [0.15, 0.2) is 89.5 Å². The summed E-state index contributed by atoms with van der Waals surface area (Å²) in [5.74, 6) is 1.22. The molecule has 1 heterocycles. The van der Waals surface area contributed by atoms with Gasteiger partial charge in [0, 0.05) is 22.7 Å². The molecule has 0 aliphatic rings. The average Bonchev–Trinajstić information content (AvgIpc) is 3.41. The van der Waals surface area contributed by atoms with E-state index in [9.17, 15) is 4.79 Å². The second kappa shape index (κ2) is 12.4. The quantitative estimate of drug-likeness (QED) is 0.0936. The SMILES string of the molecule is N=C(CCl)NCCC[C@H](NC(=O)c1cccc(-c2cccc(Cl)c2)c1)c1ncc(-c2ccccc2)o1. The number of aromatic nitrogens is 1. The van der Waals surface area contributed by atoms with Gasteiger partial charge in [-0.3, -0.25) is 10.2 Å². The Hall–Kier alpha value is -3.61. The Labute approximate surface area is 220 Å². The van der Waals surface area contributed by atoms with Gasteiger partial charge in [-0.15, -0.1) is 11.6 Å². The normalized spacial score (nSPS) is 11.6. The van der Waals surface area contributed by atoms with Crippen LogP contribution in [0, 0.1) is 5.41 Å². The molecule has 1 atom stereocenters. The van der Waals surface area contributed by atoms with Gasteiger partial charge in [-0.1, -0.05) is 66.2 Å². The maximum Gasteiger partial charge on any atom is 0.251 e. The van der Waals surface area contributed by atoms with Gasteiger partial charge in [0.05, 0.1) is 12.1 Å². The molecule has 0 bridgehead atoms. The fraction of sp³-hybridized carbons (Fsp3) is 0.179. The van der Waals surface area contributed by atoms with Crippen molar-refractivity contribution in [3.05, 3.63) is 102 Å². The fourth-order valence-electron chi connectivity index (χ4n) is 3.78. The topological polar surface area (TPSA) is 91.0 Å². The van der Waals surface area contributed by atoms with E-state index < -0.39 is 6.04 Å². The van der Waals surface area contributed by atoms with Crippen LogP contribution in [0.25, 0.3) is 22.5 Å². The first-order valence-electron chi connectivity index (χ1n) is 11.6. The van der Waals surface area contributed by atoms with E-state index in [4.69, 9.17) is 33.0 Å². The summed E-state index contributed by atoms with van der Waals surface area (Å²) in [4.78, 5) is 17.7. The van der Waals surface area contributed by atoms with Crippen LogP contribution in [0.1, 0.15) is 35.1 Å². The number of carbonyl (C=O) groups is 1. The molecule has 3 N–H and O–H groups in total. The lowest BCUT2D eigenvalue weighted by Gasteiger charge is -2.17. The third-order valence-electron chi connectivity index (χ3n) is 5.61. The van der Waals surface area contributed by atoms with Gasteiger partial charge in [0.1, 0.15) is 11.9 Å². The van der Waals surface area contributed by atoms with Gasteiger partial charge in [-0.25, -0.2) is 4.98 Å². The van der Waals surface area contributed by atoms with Crippen LogP contribution in [-0.4, -0.2) is 29.2 Å². The highest BCUT2D eigenvalue weighted by molar-refractivity contribution is 6.30. The smallest absolute Gasteiger partial charge is 0.251 e. The van der Waals surface area contributed by atoms with Gasteiger partial charge in [0.2, 0.25) is 5.89 Å². The molecule has 4 rings (SSSR count). The Balaban J connectivity index is 1.52. The standard InChI is InChI=1S/C28H26Cl2N4O2/c29-17-26(31)32-14-6-13-24(28-33-18-25(36-28)19-7-2-1-3-8-19)34-27(35)22-11-4-9-20(15-22)21-10-5-12-23(30)16-21/h1-5,7-12,15-16,18,24H,6,13-14,17H2,(H2,31,32)(H,34,35)/t24-/m0/s1. The molecule has 8 heteroatoms. The molecule has 0 spiro atoms. The number of oxazole rings is 1.